The standard InChI is InChI=1S/C14H23ClO4/c1-2-10-3-5-11(6-4-10)12-8-17-14(18-9-12)19-13(16)7-15/h10-12,14H,2-9H2,1H3. The number of carbonyl (C=O) groups is 1. The van der Waals surface area contributed by atoms with Crippen molar-refractivity contribution < 1.29 is 19.0 Å². The Labute approximate surface area is 119 Å². The van der Waals surface area contributed by atoms with Gasteiger partial charge in [0.05, 0.1) is 13.2 Å². The number of ether oxygens (including phenoxy) is 3. The molecular formula is C14H23ClO4. The van der Waals surface area contributed by atoms with Crippen molar-refractivity contribution in [1.29, 1.82) is 0 Å². The zero-order chi connectivity index (χ0) is 13.7. The SMILES string of the molecule is CCC1CCC(C2COC(OC(=O)CCl)OC2)CC1. The fourth-order valence-electron chi connectivity index (χ4n) is 3.05. The van der Waals surface area contributed by atoms with E-state index in [1.165, 1.54) is 32.1 Å². The number of carbonyl (C=O) groups excluding carboxylic acids is 1. The molecule has 1 saturated heterocycles. The summed E-state index contributed by atoms with van der Waals surface area (Å²) in [4.78, 5) is 11.0. The van der Waals surface area contributed by atoms with Gasteiger partial charge in [0.2, 0.25) is 0 Å². The zero-order valence-corrected chi connectivity index (χ0v) is 12.2. The van der Waals surface area contributed by atoms with Gasteiger partial charge >= 0.3 is 12.4 Å². The molecule has 19 heavy (non-hydrogen) atoms. The van der Waals surface area contributed by atoms with E-state index in [2.05, 4.69) is 6.92 Å². The monoisotopic (exact) mass is 290 g/mol. The predicted molar refractivity (Wildman–Crippen MR) is 71.7 cm³/mol. The van der Waals surface area contributed by atoms with E-state index in [0.717, 1.165) is 5.92 Å². The number of esters is 1. The summed E-state index contributed by atoms with van der Waals surface area (Å²) >= 11 is 5.36. The van der Waals surface area contributed by atoms with Crippen LogP contribution in [0.5, 0.6) is 0 Å². The Morgan fingerprint density at radius 1 is 1.16 bits per heavy atom. The summed E-state index contributed by atoms with van der Waals surface area (Å²) in [7, 11) is 0. The van der Waals surface area contributed by atoms with E-state index in [9.17, 15) is 4.79 Å². The van der Waals surface area contributed by atoms with Crippen molar-refractivity contribution in [1.82, 2.24) is 0 Å². The smallest absolute Gasteiger partial charge is 0.324 e. The van der Waals surface area contributed by atoms with Gasteiger partial charge in [0.25, 0.3) is 0 Å². The summed E-state index contributed by atoms with van der Waals surface area (Å²) in [6.07, 6.45) is 6.47. The molecule has 0 amide bonds. The third kappa shape index (κ3) is 4.33. The van der Waals surface area contributed by atoms with Crippen LogP contribution in [0.4, 0.5) is 0 Å². The summed E-state index contributed by atoms with van der Waals surface area (Å²) in [6, 6.07) is 0. The summed E-state index contributed by atoms with van der Waals surface area (Å²) in [5, 5.41) is 0. The molecule has 0 atom stereocenters. The zero-order valence-electron chi connectivity index (χ0n) is 11.5. The molecule has 2 aliphatic rings. The van der Waals surface area contributed by atoms with Crippen LogP contribution in [0.15, 0.2) is 0 Å². The Bertz CT molecular complexity index is 281. The summed E-state index contributed by atoms with van der Waals surface area (Å²) in [5.74, 6) is 1.34. The van der Waals surface area contributed by atoms with Crippen molar-refractivity contribution in [2.45, 2.75) is 45.5 Å². The van der Waals surface area contributed by atoms with Crippen LogP contribution in [0.1, 0.15) is 39.0 Å². The Balaban J connectivity index is 1.70. The highest BCUT2D eigenvalue weighted by Gasteiger charge is 2.32. The maximum atomic E-state index is 11.0. The second-order valence-corrected chi connectivity index (χ2v) is 5.80. The molecule has 110 valence electrons. The lowest BCUT2D eigenvalue weighted by atomic mass is 9.75. The molecule has 1 heterocycles. The number of alkyl halides is 1. The van der Waals surface area contributed by atoms with Gasteiger partial charge in [0, 0.05) is 5.92 Å². The first kappa shape index (κ1) is 15.1. The van der Waals surface area contributed by atoms with Crippen LogP contribution in [0.2, 0.25) is 0 Å². The van der Waals surface area contributed by atoms with Crippen molar-refractivity contribution in [2.24, 2.45) is 17.8 Å². The van der Waals surface area contributed by atoms with Gasteiger partial charge in [-0.3, -0.25) is 4.79 Å². The van der Waals surface area contributed by atoms with Crippen molar-refractivity contribution in [2.75, 3.05) is 19.1 Å². The second-order valence-electron chi connectivity index (χ2n) is 5.53. The Morgan fingerprint density at radius 2 is 1.79 bits per heavy atom. The van der Waals surface area contributed by atoms with Crippen LogP contribution in [0.3, 0.4) is 0 Å². The average Bonchev–Trinajstić information content (AvgIpc) is 2.48. The van der Waals surface area contributed by atoms with E-state index in [-0.39, 0.29) is 5.88 Å². The predicted octanol–water partition coefficient (Wildman–Crippen LogP) is 2.93. The third-order valence-electron chi connectivity index (χ3n) is 4.36. The first-order chi connectivity index (χ1) is 9.22. The van der Waals surface area contributed by atoms with Gasteiger partial charge in [-0.25, -0.2) is 0 Å². The van der Waals surface area contributed by atoms with E-state index in [1.54, 1.807) is 0 Å². The van der Waals surface area contributed by atoms with Crippen molar-refractivity contribution in [3.8, 4) is 0 Å². The van der Waals surface area contributed by atoms with Crippen molar-refractivity contribution in [3.05, 3.63) is 0 Å². The molecule has 0 N–H and O–H groups in total. The van der Waals surface area contributed by atoms with Gasteiger partial charge in [-0.05, 0) is 24.7 Å². The fraction of sp³-hybridized carbons (Fsp3) is 0.929. The van der Waals surface area contributed by atoms with Gasteiger partial charge in [0.1, 0.15) is 5.88 Å². The second kappa shape index (κ2) is 7.46. The Hall–Kier alpha value is -0.320. The summed E-state index contributed by atoms with van der Waals surface area (Å²) in [5.41, 5.74) is 0. The van der Waals surface area contributed by atoms with Gasteiger partial charge in [-0.2, -0.15) is 0 Å². The van der Waals surface area contributed by atoms with Gasteiger partial charge in [0.15, 0.2) is 0 Å². The molecule has 2 rings (SSSR count). The first-order valence-corrected chi connectivity index (χ1v) is 7.75. The highest BCUT2D eigenvalue weighted by molar-refractivity contribution is 6.26. The molecule has 0 aromatic carbocycles. The Morgan fingerprint density at radius 3 is 2.32 bits per heavy atom. The summed E-state index contributed by atoms with van der Waals surface area (Å²) < 4.78 is 15.8. The van der Waals surface area contributed by atoms with E-state index in [4.69, 9.17) is 25.8 Å². The molecule has 0 radical (unpaired) electrons. The quantitative estimate of drug-likeness (QED) is 0.590. The number of halogens is 1. The van der Waals surface area contributed by atoms with Crippen LogP contribution in [0.25, 0.3) is 0 Å². The van der Waals surface area contributed by atoms with E-state index in [1.807, 2.05) is 0 Å². The maximum absolute atomic E-state index is 11.0. The van der Waals surface area contributed by atoms with E-state index >= 15 is 0 Å². The molecule has 5 heteroatoms. The molecule has 0 aromatic rings. The van der Waals surface area contributed by atoms with Gasteiger partial charge < -0.3 is 14.2 Å². The normalized spacial score (nSPS) is 35.9. The largest absolute Gasteiger partial charge is 0.409 e. The minimum atomic E-state index is -0.866. The first-order valence-electron chi connectivity index (χ1n) is 7.21. The molecule has 2 fully saturated rings. The number of hydrogen-bond acceptors (Lipinski definition) is 4. The van der Waals surface area contributed by atoms with E-state index in [0.29, 0.717) is 25.0 Å². The minimum Gasteiger partial charge on any atom is -0.409 e. The van der Waals surface area contributed by atoms with Crippen LogP contribution in [-0.2, 0) is 19.0 Å². The third-order valence-corrected chi connectivity index (χ3v) is 4.58. The molecular weight excluding hydrogens is 268 g/mol. The highest BCUT2D eigenvalue weighted by atomic mass is 35.5. The molecule has 1 aliphatic heterocycles. The summed E-state index contributed by atoms with van der Waals surface area (Å²) in [6.45, 7) is 2.63. The molecule has 1 saturated carbocycles. The molecule has 1 aliphatic carbocycles. The Kier molecular flexibility index (Phi) is 5.92. The van der Waals surface area contributed by atoms with Crippen LogP contribution >= 0.6 is 11.6 Å². The van der Waals surface area contributed by atoms with Crippen LogP contribution < -0.4 is 0 Å². The topological polar surface area (TPSA) is 44.8 Å². The van der Waals surface area contributed by atoms with Crippen molar-refractivity contribution in [3.63, 3.8) is 0 Å². The lowest BCUT2D eigenvalue weighted by Crippen LogP contribution is -2.39. The number of rotatable bonds is 4. The highest BCUT2D eigenvalue weighted by Crippen LogP contribution is 2.36. The lowest BCUT2D eigenvalue weighted by Gasteiger charge is -2.37. The molecule has 0 aromatic heterocycles. The minimum absolute atomic E-state index is 0.173. The molecule has 4 nitrogen and oxygen atoms in total. The maximum Gasteiger partial charge on any atom is 0.324 e. The fourth-order valence-corrected chi connectivity index (χ4v) is 3.11. The van der Waals surface area contributed by atoms with E-state index < -0.39 is 12.4 Å². The molecule has 0 unspecified atom stereocenters. The van der Waals surface area contributed by atoms with Gasteiger partial charge in [-0.15, -0.1) is 11.6 Å². The van der Waals surface area contributed by atoms with Crippen LogP contribution in [-0.4, -0.2) is 31.5 Å². The van der Waals surface area contributed by atoms with Crippen LogP contribution in [0, 0.1) is 17.8 Å². The van der Waals surface area contributed by atoms with Crippen molar-refractivity contribution >= 4 is 17.6 Å². The molecule has 0 bridgehead atoms. The average molecular weight is 291 g/mol. The molecule has 0 spiro atoms. The van der Waals surface area contributed by atoms with Gasteiger partial charge in [-0.1, -0.05) is 26.2 Å². The lowest BCUT2D eigenvalue weighted by molar-refractivity contribution is -0.312. The number of hydrogen-bond donors (Lipinski definition) is 0.